The third-order valence-electron chi connectivity index (χ3n) is 5.21. The van der Waals surface area contributed by atoms with Crippen molar-refractivity contribution in [2.24, 2.45) is 0 Å². The summed E-state index contributed by atoms with van der Waals surface area (Å²) >= 11 is 0. The molecule has 3 rings (SSSR count). The molecule has 1 amide bonds. The fourth-order valence-corrected chi connectivity index (χ4v) is 3.83. The first-order valence-corrected chi connectivity index (χ1v) is 9.89. The normalized spacial score (nSPS) is 11.6. The average molecular weight is 414 g/mol. The number of rotatable bonds is 5. The number of halogens is 3. The number of benzene rings is 2. The lowest BCUT2D eigenvalue weighted by molar-refractivity contribution is -0.137. The van der Waals surface area contributed by atoms with E-state index in [-0.39, 0.29) is 11.6 Å². The second-order valence-electron chi connectivity index (χ2n) is 7.38. The van der Waals surface area contributed by atoms with E-state index in [4.69, 9.17) is 0 Å². The van der Waals surface area contributed by atoms with Crippen LogP contribution >= 0.6 is 0 Å². The minimum absolute atomic E-state index is 0.0250. The summed E-state index contributed by atoms with van der Waals surface area (Å²) < 4.78 is 42.2. The molecule has 0 atom stereocenters. The molecule has 0 saturated heterocycles. The minimum atomic E-state index is -4.49. The molecule has 0 spiro atoms. The van der Waals surface area contributed by atoms with Crippen LogP contribution in [0.5, 0.6) is 0 Å². The van der Waals surface area contributed by atoms with Crippen LogP contribution in [0.2, 0.25) is 0 Å². The van der Waals surface area contributed by atoms with E-state index in [0.29, 0.717) is 23.5 Å². The molecule has 30 heavy (non-hydrogen) atoms. The van der Waals surface area contributed by atoms with Crippen molar-refractivity contribution in [1.82, 2.24) is 4.57 Å². The Bertz CT molecular complexity index is 1070. The van der Waals surface area contributed by atoms with Crippen LogP contribution in [0, 0.1) is 20.8 Å². The molecule has 0 saturated carbocycles. The van der Waals surface area contributed by atoms with Crippen molar-refractivity contribution in [3.05, 3.63) is 82.7 Å². The summed E-state index contributed by atoms with van der Waals surface area (Å²) in [5.74, 6) is -0.213. The van der Waals surface area contributed by atoms with E-state index in [1.54, 1.807) is 30.9 Å². The predicted octanol–water partition coefficient (Wildman–Crippen LogP) is 6.48. The standard InChI is InChI=1S/C24H25F3N2O/c1-5-14-28(21-12-8-6-10-16(21)2)23(30)19-15-17(3)29(18(19)4)22-13-9-7-11-20(22)24(25,26)27/h6-13,15H,5,14H2,1-4H3. The third kappa shape index (κ3) is 3.99. The molecule has 1 aromatic heterocycles. The van der Waals surface area contributed by atoms with Gasteiger partial charge >= 0.3 is 6.18 Å². The van der Waals surface area contributed by atoms with Gasteiger partial charge in [-0.2, -0.15) is 13.2 Å². The lowest BCUT2D eigenvalue weighted by Crippen LogP contribution is -2.32. The van der Waals surface area contributed by atoms with E-state index < -0.39 is 11.7 Å². The number of aromatic nitrogens is 1. The number of anilines is 1. The first kappa shape index (κ1) is 21.7. The first-order chi connectivity index (χ1) is 14.2. The lowest BCUT2D eigenvalue weighted by Gasteiger charge is -2.24. The third-order valence-corrected chi connectivity index (χ3v) is 5.21. The van der Waals surface area contributed by atoms with Crippen LogP contribution < -0.4 is 4.90 Å². The van der Waals surface area contributed by atoms with Crippen molar-refractivity contribution in [2.75, 3.05) is 11.4 Å². The maximum atomic E-state index is 13.6. The number of alkyl halides is 3. The SMILES string of the molecule is CCCN(C(=O)c1cc(C)n(-c2ccccc2C(F)(F)F)c1C)c1ccccc1C. The van der Waals surface area contributed by atoms with E-state index in [0.717, 1.165) is 23.7 Å². The molecule has 0 unspecified atom stereocenters. The quantitative estimate of drug-likeness (QED) is 0.469. The molecule has 158 valence electrons. The molecule has 2 aromatic carbocycles. The number of carbonyl (C=O) groups is 1. The molecule has 0 radical (unpaired) electrons. The average Bonchev–Trinajstić information content (AvgIpc) is 2.99. The molecule has 3 aromatic rings. The lowest BCUT2D eigenvalue weighted by atomic mass is 10.1. The Labute approximate surface area is 174 Å². The van der Waals surface area contributed by atoms with Crippen molar-refractivity contribution in [2.45, 2.75) is 40.3 Å². The van der Waals surface area contributed by atoms with E-state index >= 15 is 0 Å². The summed E-state index contributed by atoms with van der Waals surface area (Å²) in [7, 11) is 0. The van der Waals surface area contributed by atoms with E-state index in [1.807, 2.05) is 38.1 Å². The van der Waals surface area contributed by atoms with Gasteiger partial charge in [-0.25, -0.2) is 0 Å². The van der Waals surface area contributed by atoms with Gasteiger partial charge in [-0.3, -0.25) is 4.79 Å². The van der Waals surface area contributed by atoms with Crippen molar-refractivity contribution in [3.63, 3.8) is 0 Å². The Balaban J connectivity index is 2.12. The van der Waals surface area contributed by atoms with E-state index in [9.17, 15) is 18.0 Å². The zero-order chi connectivity index (χ0) is 22.1. The largest absolute Gasteiger partial charge is 0.418 e. The highest BCUT2D eigenvalue weighted by molar-refractivity contribution is 6.07. The summed E-state index contributed by atoms with van der Waals surface area (Å²) in [6.45, 7) is 7.85. The molecule has 0 aliphatic heterocycles. The second kappa shape index (κ2) is 8.38. The van der Waals surface area contributed by atoms with Crippen LogP contribution in [0.25, 0.3) is 5.69 Å². The zero-order valence-corrected chi connectivity index (χ0v) is 17.5. The molecule has 0 N–H and O–H groups in total. The number of nitrogens with zero attached hydrogens (tertiary/aromatic N) is 2. The Kier molecular flexibility index (Phi) is 6.06. The van der Waals surface area contributed by atoms with Gasteiger partial charge in [0, 0.05) is 23.6 Å². The van der Waals surface area contributed by atoms with Crippen LogP contribution in [-0.4, -0.2) is 17.0 Å². The molecular formula is C24H25F3N2O. The maximum absolute atomic E-state index is 13.6. The van der Waals surface area contributed by atoms with Gasteiger partial charge in [-0.05, 0) is 57.0 Å². The molecular weight excluding hydrogens is 389 g/mol. The highest BCUT2D eigenvalue weighted by Crippen LogP contribution is 2.36. The van der Waals surface area contributed by atoms with E-state index in [2.05, 4.69) is 0 Å². The number of carbonyl (C=O) groups excluding carboxylic acids is 1. The second-order valence-corrected chi connectivity index (χ2v) is 7.38. The fraction of sp³-hybridized carbons (Fsp3) is 0.292. The van der Waals surface area contributed by atoms with Gasteiger partial charge in [0.25, 0.3) is 5.91 Å². The van der Waals surface area contributed by atoms with Gasteiger partial charge in [-0.15, -0.1) is 0 Å². The predicted molar refractivity (Wildman–Crippen MR) is 113 cm³/mol. The fourth-order valence-electron chi connectivity index (χ4n) is 3.83. The summed E-state index contributed by atoms with van der Waals surface area (Å²) in [6.07, 6.45) is -3.73. The molecule has 1 heterocycles. The summed E-state index contributed by atoms with van der Waals surface area (Å²) in [6, 6.07) is 14.7. The van der Waals surface area contributed by atoms with Gasteiger partial charge in [-0.1, -0.05) is 37.3 Å². The Morgan fingerprint density at radius 2 is 1.63 bits per heavy atom. The van der Waals surface area contributed by atoms with Crippen molar-refractivity contribution >= 4 is 11.6 Å². The van der Waals surface area contributed by atoms with E-state index in [1.165, 1.54) is 16.7 Å². The number of para-hydroxylation sites is 2. The van der Waals surface area contributed by atoms with Gasteiger partial charge in [0.15, 0.2) is 0 Å². The number of hydrogen-bond acceptors (Lipinski definition) is 1. The molecule has 0 bridgehead atoms. The Morgan fingerprint density at radius 3 is 2.27 bits per heavy atom. The molecule has 0 aliphatic rings. The number of hydrogen-bond donors (Lipinski definition) is 0. The van der Waals surface area contributed by atoms with Gasteiger partial charge < -0.3 is 9.47 Å². The number of aryl methyl sites for hydroxylation is 2. The zero-order valence-electron chi connectivity index (χ0n) is 17.5. The van der Waals surface area contributed by atoms with Crippen LogP contribution in [0.3, 0.4) is 0 Å². The van der Waals surface area contributed by atoms with Crippen LogP contribution in [0.15, 0.2) is 54.6 Å². The Morgan fingerprint density at radius 1 is 1.00 bits per heavy atom. The minimum Gasteiger partial charge on any atom is -0.317 e. The van der Waals surface area contributed by atoms with Crippen molar-refractivity contribution < 1.29 is 18.0 Å². The van der Waals surface area contributed by atoms with Crippen LogP contribution in [0.4, 0.5) is 18.9 Å². The highest BCUT2D eigenvalue weighted by atomic mass is 19.4. The van der Waals surface area contributed by atoms with Gasteiger partial charge in [0.2, 0.25) is 0 Å². The maximum Gasteiger partial charge on any atom is 0.418 e. The van der Waals surface area contributed by atoms with Gasteiger partial charge in [0.1, 0.15) is 0 Å². The topological polar surface area (TPSA) is 25.2 Å². The first-order valence-electron chi connectivity index (χ1n) is 9.89. The van der Waals surface area contributed by atoms with Crippen molar-refractivity contribution in [1.29, 1.82) is 0 Å². The summed E-state index contributed by atoms with van der Waals surface area (Å²) in [4.78, 5) is 15.2. The summed E-state index contributed by atoms with van der Waals surface area (Å²) in [5, 5.41) is 0. The van der Waals surface area contributed by atoms with Crippen LogP contribution in [-0.2, 0) is 6.18 Å². The number of amides is 1. The smallest absolute Gasteiger partial charge is 0.317 e. The van der Waals surface area contributed by atoms with Gasteiger partial charge in [0.05, 0.1) is 16.8 Å². The molecule has 6 heteroatoms. The molecule has 0 aliphatic carbocycles. The Hall–Kier alpha value is -3.02. The van der Waals surface area contributed by atoms with Crippen LogP contribution in [0.1, 0.15) is 46.2 Å². The highest BCUT2D eigenvalue weighted by Gasteiger charge is 2.34. The molecule has 3 nitrogen and oxygen atoms in total. The summed E-state index contributed by atoms with van der Waals surface area (Å²) in [5.41, 5.74) is 2.55. The monoisotopic (exact) mass is 414 g/mol. The molecule has 0 fully saturated rings. The van der Waals surface area contributed by atoms with Crippen molar-refractivity contribution in [3.8, 4) is 5.69 Å².